The molecule has 1 N–H and O–H groups in total. The van der Waals surface area contributed by atoms with Crippen LogP contribution in [-0.2, 0) is 26.1 Å². The molecule has 3 aromatic rings. The number of amides is 1. The topological polar surface area (TPSA) is 90.3 Å². The number of fused-ring (bicyclic) bond motifs is 1. The smallest absolute Gasteiger partial charge is 0.263 e. The van der Waals surface area contributed by atoms with Crippen molar-refractivity contribution in [2.45, 2.75) is 11.5 Å². The lowest BCUT2D eigenvalue weighted by molar-refractivity contribution is -0.118. The van der Waals surface area contributed by atoms with Gasteiger partial charge in [0.1, 0.15) is 17.4 Å². The molecule has 1 aliphatic heterocycles. The van der Waals surface area contributed by atoms with Crippen LogP contribution in [0.5, 0.6) is 5.75 Å². The maximum Gasteiger partial charge on any atom is 0.263 e. The number of aromatic nitrogens is 2. The van der Waals surface area contributed by atoms with Gasteiger partial charge >= 0.3 is 0 Å². The van der Waals surface area contributed by atoms with Crippen LogP contribution in [0.4, 0.5) is 10.2 Å². The first-order chi connectivity index (χ1) is 13.8. The van der Waals surface area contributed by atoms with Gasteiger partial charge in [0.25, 0.3) is 5.91 Å². The highest BCUT2D eigenvalue weighted by molar-refractivity contribution is 7.90. The van der Waals surface area contributed by atoms with Crippen molar-refractivity contribution in [3.8, 4) is 11.4 Å². The van der Waals surface area contributed by atoms with Gasteiger partial charge in [-0.15, -0.1) is 0 Å². The van der Waals surface area contributed by atoms with Crippen molar-refractivity contribution in [1.29, 1.82) is 0 Å². The maximum atomic E-state index is 13.0. The molecule has 0 radical (unpaired) electrons. The lowest BCUT2D eigenvalue weighted by Crippen LogP contribution is -2.22. The van der Waals surface area contributed by atoms with Gasteiger partial charge in [-0.1, -0.05) is 17.7 Å². The average Bonchev–Trinajstić information content (AvgIpc) is 3.14. The first kappa shape index (κ1) is 19.4. The molecule has 4 rings (SSSR count). The van der Waals surface area contributed by atoms with Gasteiger partial charge in [0.2, 0.25) is 0 Å². The van der Waals surface area contributed by atoms with E-state index < -0.39 is 21.6 Å². The standard InChI is InChI=1S/C19H15ClFN3O4S/c20-12-2-1-3-14(8-12)24-19(16-10-29(26,27)11-17(16)23-24)22-18(25)9-28-15-6-4-13(21)5-7-15/h1-8H,9-11H2,(H,22,25). The normalized spacial score (nSPS) is 14.4. The summed E-state index contributed by atoms with van der Waals surface area (Å²) in [5.41, 5.74) is 1.42. The van der Waals surface area contributed by atoms with E-state index in [-0.39, 0.29) is 23.9 Å². The fraction of sp³-hybridized carbons (Fsp3) is 0.158. The number of halogens is 2. The number of carbonyl (C=O) groups is 1. The van der Waals surface area contributed by atoms with Crippen molar-refractivity contribution in [1.82, 2.24) is 9.78 Å². The Morgan fingerprint density at radius 2 is 1.97 bits per heavy atom. The number of hydrogen-bond acceptors (Lipinski definition) is 5. The third-order valence-corrected chi connectivity index (χ3v) is 5.96. The summed E-state index contributed by atoms with van der Waals surface area (Å²) in [7, 11) is -3.31. The van der Waals surface area contributed by atoms with Gasteiger partial charge in [0.15, 0.2) is 16.4 Å². The molecule has 150 valence electrons. The van der Waals surface area contributed by atoms with E-state index in [1.54, 1.807) is 24.3 Å². The number of nitrogens with zero attached hydrogens (tertiary/aromatic N) is 2. The Labute approximate surface area is 171 Å². The van der Waals surface area contributed by atoms with Crippen molar-refractivity contribution in [2.75, 3.05) is 11.9 Å². The molecule has 2 heterocycles. The molecule has 0 bridgehead atoms. The molecule has 0 fully saturated rings. The second-order valence-corrected chi connectivity index (χ2v) is 8.99. The lowest BCUT2D eigenvalue weighted by atomic mass is 10.2. The molecular formula is C19H15ClFN3O4S. The number of rotatable bonds is 5. The largest absolute Gasteiger partial charge is 0.484 e. The van der Waals surface area contributed by atoms with E-state index in [1.807, 2.05) is 0 Å². The Hall–Kier alpha value is -2.91. The number of nitrogens with one attached hydrogen (secondary N) is 1. The van der Waals surface area contributed by atoms with E-state index in [0.29, 0.717) is 27.7 Å². The number of sulfone groups is 1. The SMILES string of the molecule is O=C(COc1ccc(F)cc1)Nc1c2c(nn1-c1cccc(Cl)c1)CS(=O)(=O)C2. The molecule has 0 saturated carbocycles. The first-order valence-electron chi connectivity index (χ1n) is 8.56. The van der Waals surface area contributed by atoms with Gasteiger partial charge in [0, 0.05) is 10.6 Å². The van der Waals surface area contributed by atoms with Gasteiger partial charge in [-0.2, -0.15) is 5.10 Å². The maximum absolute atomic E-state index is 13.0. The number of carbonyl (C=O) groups excluding carboxylic acids is 1. The van der Waals surface area contributed by atoms with Gasteiger partial charge < -0.3 is 10.1 Å². The van der Waals surface area contributed by atoms with E-state index in [2.05, 4.69) is 10.4 Å². The summed E-state index contributed by atoms with van der Waals surface area (Å²) < 4.78 is 43.7. The Bertz CT molecular complexity index is 1190. The van der Waals surface area contributed by atoms with E-state index in [9.17, 15) is 17.6 Å². The minimum atomic E-state index is -3.31. The molecular weight excluding hydrogens is 421 g/mol. The van der Waals surface area contributed by atoms with Crippen LogP contribution in [0.15, 0.2) is 48.5 Å². The molecule has 29 heavy (non-hydrogen) atoms. The van der Waals surface area contributed by atoms with Crippen LogP contribution in [-0.4, -0.2) is 30.7 Å². The summed E-state index contributed by atoms with van der Waals surface area (Å²) in [5, 5.41) is 7.52. The van der Waals surface area contributed by atoms with Crippen LogP contribution in [0, 0.1) is 5.82 Å². The summed E-state index contributed by atoms with van der Waals surface area (Å²) in [4.78, 5) is 12.4. The van der Waals surface area contributed by atoms with Gasteiger partial charge in [-0.05, 0) is 42.5 Å². The summed E-state index contributed by atoms with van der Waals surface area (Å²) in [6.45, 7) is -0.339. The molecule has 0 atom stereocenters. The number of ether oxygens (including phenoxy) is 1. The molecule has 1 aliphatic rings. The Balaban J connectivity index is 1.60. The van der Waals surface area contributed by atoms with Gasteiger partial charge in [-0.3, -0.25) is 4.79 Å². The van der Waals surface area contributed by atoms with E-state index in [0.717, 1.165) is 0 Å². The molecule has 1 aromatic heterocycles. The highest BCUT2D eigenvalue weighted by Gasteiger charge is 2.33. The molecule has 1 amide bonds. The first-order valence-corrected chi connectivity index (χ1v) is 10.8. The molecule has 10 heteroatoms. The number of hydrogen-bond donors (Lipinski definition) is 1. The van der Waals surface area contributed by atoms with Crippen molar-refractivity contribution in [3.05, 3.63) is 70.6 Å². The summed E-state index contributed by atoms with van der Waals surface area (Å²) in [6.07, 6.45) is 0. The fourth-order valence-corrected chi connectivity index (χ4v) is 4.69. The highest BCUT2D eigenvalue weighted by atomic mass is 35.5. The molecule has 0 aliphatic carbocycles. The van der Waals surface area contributed by atoms with E-state index in [1.165, 1.54) is 28.9 Å². The quantitative estimate of drug-likeness (QED) is 0.665. The van der Waals surface area contributed by atoms with Gasteiger partial charge in [0.05, 0.1) is 22.9 Å². The molecule has 2 aromatic carbocycles. The second-order valence-electron chi connectivity index (χ2n) is 6.49. The predicted molar refractivity (Wildman–Crippen MR) is 105 cm³/mol. The zero-order chi connectivity index (χ0) is 20.6. The zero-order valence-corrected chi connectivity index (χ0v) is 16.5. The monoisotopic (exact) mass is 435 g/mol. The van der Waals surface area contributed by atoms with Crippen LogP contribution in [0.3, 0.4) is 0 Å². The Kier molecular flexibility index (Phi) is 5.01. The molecule has 0 saturated heterocycles. The van der Waals surface area contributed by atoms with Crippen molar-refractivity contribution in [2.24, 2.45) is 0 Å². The predicted octanol–water partition coefficient (Wildman–Crippen LogP) is 3.11. The van der Waals surface area contributed by atoms with E-state index >= 15 is 0 Å². The van der Waals surface area contributed by atoms with Gasteiger partial charge in [-0.25, -0.2) is 17.5 Å². The number of anilines is 1. The van der Waals surface area contributed by atoms with E-state index in [4.69, 9.17) is 16.3 Å². The van der Waals surface area contributed by atoms with Crippen molar-refractivity contribution in [3.63, 3.8) is 0 Å². The highest BCUT2D eigenvalue weighted by Crippen LogP contribution is 2.33. The summed E-state index contributed by atoms with van der Waals surface area (Å²) in [6, 6.07) is 12.1. The van der Waals surface area contributed by atoms with Crippen LogP contribution in [0.2, 0.25) is 5.02 Å². The molecule has 0 spiro atoms. The van der Waals surface area contributed by atoms with Crippen LogP contribution in [0.25, 0.3) is 5.69 Å². The zero-order valence-electron chi connectivity index (χ0n) is 14.9. The van der Waals surface area contributed by atoms with Crippen molar-refractivity contribution < 1.29 is 22.3 Å². The minimum Gasteiger partial charge on any atom is -0.484 e. The summed E-state index contributed by atoms with van der Waals surface area (Å²) in [5.74, 6) is -0.732. The van der Waals surface area contributed by atoms with Crippen LogP contribution < -0.4 is 10.1 Å². The summed E-state index contributed by atoms with van der Waals surface area (Å²) >= 11 is 6.05. The average molecular weight is 436 g/mol. The number of benzene rings is 2. The fourth-order valence-electron chi connectivity index (χ4n) is 3.01. The Morgan fingerprint density at radius 3 is 2.69 bits per heavy atom. The third-order valence-electron chi connectivity index (χ3n) is 4.28. The van der Waals surface area contributed by atoms with Crippen LogP contribution in [0.1, 0.15) is 11.3 Å². The lowest BCUT2D eigenvalue weighted by Gasteiger charge is -2.12. The van der Waals surface area contributed by atoms with Crippen LogP contribution >= 0.6 is 11.6 Å². The third kappa shape index (κ3) is 4.25. The Morgan fingerprint density at radius 1 is 1.21 bits per heavy atom. The minimum absolute atomic E-state index is 0.190. The second kappa shape index (κ2) is 7.49. The van der Waals surface area contributed by atoms with Crippen molar-refractivity contribution >= 4 is 33.2 Å². The molecule has 7 nitrogen and oxygen atoms in total. The molecule has 0 unspecified atom stereocenters.